The average molecular weight is 439 g/mol. The zero-order valence-corrected chi connectivity index (χ0v) is 20.5. The summed E-state index contributed by atoms with van der Waals surface area (Å²) in [5, 5.41) is 12.8. The van der Waals surface area contributed by atoms with Crippen LogP contribution in [0.2, 0.25) is 0 Å². The molecule has 1 amide bonds. The maximum absolute atomic E-state index is 12.9. The lowest BCUT2D eigenvalue weighted by molar-refractivity contribution is 0.00928. The van der Waals surface area contributed by atoms with Gasteiger partial charge in [0.25, 0.3) is 0 Å². The third kappa shape index (κ3) is 9.26. The van der Waals surface area contributed by atoms with Crippen molar-refractivity contribution in [3.63, 3.8) is 0 Å². The second-order valence-corrected chi connectivity index (χ2v) is 10.2. The van der Waals surface area contributed by atoms with Gasteiger partial charge in [0, 0.05) is 45.4 Å². The number of aliphatic imine (C=N–C) groups is 1. The largest absolute Gasteiger partial charge is 0.444 e. The molecule has 1 atom stereocenters. The molecule has 2 rings (SSSR count). The number of likely N-dealkylation sites (tertiary alicyclic amines) is 1. The second-order valence-electron chi connectivity index (χ2n) is 10.2. The summed E-state index contributed by atoms with van der Waals surface area (Å²) in [6.45, 7) is 14.5. The summed E-state index contributed by atoms with van der Waals surface area (Å²) in [6, 6.07) is 0.233. The fourth-order valence-electron chi connectivity index (χ4n) is 4.22. The van der Waals surface area contributed by atoms with Gasteiger partial charge in [-0.2, -0.15) is 0 Å². The highest BCUT2D eigenvalue weighted by molar-refractivity contribution is 5.80. The molecule has 2 N–H and O–H groups in total. The van der Waals surface area contributed by atoms with Gasteiger partial charge in [0.15, 0.2) is 5.96 Å². The van der Waals surface area contributed by atoms with Gasteiger partial charge in [-0.3, -0.25) is 4.99 Å². The monoisotopic (exact) mass is 438 g/mol. The number of rotatable bonds is 10. The summed E-state index contributed by atoms with van der Waals surface area (Å²) >= 11 is 0. The van der Waals surface area contributed by atoms with Crippen molar-refractivity contribution in [2.24, 2.45) is 16.8 Å². The van der Waals surface area contributed by atoms with Crippen LogP contribution in [0.1, 0.15) is 79.6 Å². The molecule has 2 fully saturated rings. The van der Waals surface area contributed by atoms with Gasteiger partial charge in [-0.15, -0.1) is 0 Å². The highest BCUT2D eigenvalue weighted by atomic mass is 16.6. The zero-order valence-electron chi connectivity index (χ0n) is 20.5. The quantitative estimate of drug-likeness (QED) is 0.400. The van der Waals surface area contributed by atoms with E-state index in [4.69, 9.17) is 9.73 Å². The maximum Gasteiger partial charge on any atom is 0.410 e. The molecule has 0 aromatic carbocycles. The van der Waals surface area contributed by atoms with Crippen LogP contribution in [0.25, 0.3) is 0 Å². The van der Waals surface area contributed by atoms with Crippen molar-refractivity contribution in [3.8, 4) is 0 Å². The first-order chi connectivity index (χ1) is 14.8. The van der Waals surface area contributed by atoms with E-state index in [1.165, 1.54) is 12.8 Å². The number of nitrogens with one attached hydrogen (secondary N) is 1. The lowest BCUT2D eigenvalue weighted by atomic mass is 10.0. The smallest absolute Gasteiger partial charge is 0.410 e. The van der Waals surface area contributed by atoms with E-state index in [1.54, 1.807) is 0 Å². The van der Waals surface area contributed by atoms with Crippen molar-refractivity contribution in [1.82, 2.24) is 15.1 Å². The number of aliphatic hydroxyl groups excluding tert-OH is 1. The molecule has 7 heteroatoms. The normalized spacial score (nSPS) is 19.3. The number of guanidine groups is 1. The number of amides is 1. The van der Waals surface area contributed by atoms with Gasteiger partial charge >= 0.3 is 6.09 Å². The first-order valence-corrected chi connectivity index (χ1v) is 12.4. The fourth-order valence-corrected chi connectivity index (χ4v) is 4.22. The Bertz CT molecular complexity index is 558. The van der Waals surface area contributed by atoms with Crippen LogP contribution < -0.4 is 5.32 Å². The Hall–Kier alpha value is -1.50. The lowest BCUT2D eigenvalue weighted by Crippen LogP contribution is -2.52. The summed E-state index contributed by atoms with van der Waals surface area (Å²) in [6.07, 6.45) is 7.18. The Labute approximate surface area is 189 Å². The van der Waals surface area contributed by atoms with E-state index in [0.29, 0.717) is 11.8 Å². The van der Waals surface area contributed by atoms with Crippen molar-refractivity contribution in [3.05, 3.63) is 0 Å². The van der Waals surface area contributed by atoms with Crippen LogP contribution in [-0.4, -0.2) is 77.9 Å². The molecule has 31 heavy (non-hydrogen) atoms. The van der Waals surface area contributed by atoms with Crippen LogP contribution in [0, 0.1) is 11.8 Å². The fraction of sp³-hybridized carbons (Fsp3) is 0.917. The Kier molecular flexibility index (Phi) is 10.4. The van der Waals surface area contributed by atoms with Gasteiger partial charge in [-0.1, -0.05) is 13.3 Å². The van der Waals surface area contributed by atoms with E-state index in [2.05, 4.69) is 24.1 Å². The third-order valence-corrected chi connectivity index (χ3v) is 6.05. The van der Waals surface area contributed by atoms with Crippen LogP contribution in [0.3, 0.4) is 0 Å². The van der Waals surface area contributed by atoms with Crippen LogP contribution in [0.4, 0.5) is 4.79 Å². The van der Waals surface area contributed by atoms with Crippen LogP contribution in [0.15, 0.2) is 4.99 Å². The molecule has 1 heterocycles. The Morgan fingerprint density at radius 2 is 1.87 bits per heavy atom. The molecular formula is C24H46N4O3. The molecule has 180 valence electrons. The molecule has 1 saturated heterocycles. The molecule has 1 unspecified atom stereocenters. The van der Waals surface area contributed by atoms with Crippen molar-refractivity contribution >= 4 is 12.1 Å². The number of piperidine rings is 1. The maximum atomic E-state index is 12.9. The minimum Gasteiger partial charge on any atom is -0.444 e. The number of carbonyl (C=O) groups excluding carboxylic acids is 1. The minimum absolute atomic E-state index is 0.162. The van der Waals surface area contributed by atoms with Gasteiger partial charge in [0.05, 0.1) is 0 Å². The Morgan fingerprint density at radius 3 is 2.39 bits per heavy atom. The molecule has 0 aromatic heterocycles. The standard InChI is InChI=1S/C24H46N4O3/c1-6-8-19(13-16-29)17-26-22(25-7-2)27-14-11-21(12-15-27)28(18-20-9-10-20)23(30)31-24(3,4)5/h19-21,29H,6-18H2,1-5H3,(H,25,26). The van der Waals surface area contributed by atoms with Gasteiger partial charge in [0.1, 0.15) is 5.60 Å². The third-order valence-electron chi connectivity index (χ3n) is 6.05. The van der Waals surface area contributed by atoms with E-state index in [-0.39, 0.29) is 18.7 Å². The number of aliphatic hydroxyl groups is 1. The molecule has 0 spiro atoms. The summed E-state index contributed by atoms with van der Waals surface area (Å²) in [4.78, 5) is 22.1. The number of hydrogen-bond donors (Lipinski definition) is 2. The molecule has 2 aliphatic rings. The Morgan fingerprint density at radius 1 is 1.19 bits per heavy atom. The molecule has 1 aliphatic carbocycles. The van der Waals surface area contributed by atoms with Crippen molar-refractivity contribution in [2.75, 3.05) is 39.3 Å². The molecular weight excluding hydrogens is 392 g/mol. The van der Waals surface area contributed by atoms with E-state index in [0.717, 1.165) is 70.8 Å². The van der Waals surface area contributed by atoms with Crippen molar-refractivity contribution in [1.29, 1.82) is 0 Å². The molecule has 1 saturated carbocycles. The van der Waals surface area contributed by atoms with Gasteiger partial charge in [-0.25, -0.2) is 4.79 Å². The number of ether oxygens (including phenoxy) is 1. The first-order valence-electron chi connectivity index (χ1n) is 12.4. The summed E-state index contributed by atoms with van der Waals surface area (Å²) in [5.41, 5.74) is -0.464. The van der Waals surface area contributed by atoms with E-state index < -0.39 is 5.60 Å². The van der Waals surface area contributed by atoms with Crippen LogP contribution in [-0.2, 0) is 4.74 Å². The predicted molar refractivity (Wildman–Crippen MR) is 126 cm³/mol. The zero-order chi connectivity index (χ0) is 22.9. The van der Waals surface area contributed by atoms with E-state index in [9.17, 15) is 9.90 Å². The van der Waals surface area contributed by atoms with Crippen LogP contribution in [0.5, 0.6) is 0 Å². The minimum atomic E-state index is -0.464. The second kappa shape index (κ2) is 12.5. The van der Waals surface area contributed by atoms with Gasteiger partial charge in [0.2, 0.25) is 0 Å². The molecule has 0 aromatic rings. The summed E-state index contributed by atoms with van der Waals surface area (Å²) in [7, 11) is 0. The Balaban J connectivity index is 1.97. The topological polar surface area (TPSA) is 77.4 Å². The number of hydrogen-bond acceptors (Lipinski definition) is 4. The first kappa shape index (κ1) is 25.8. The molecule has 1 aliphatic heterocycles. The number of carbonyl (C=O) groups is 1. The molecule has 7 nitrogen and oxygen atoms in total. The highest BCUT2D eigenvalue weighted by Gasteiger charge is 2.35. The average Bonchev–Trinajstić information content (AvgIpc) is 3.52. The van der Waals surface area contributed by atoms with Crippen molar-refractivity contribution in [2.45, 2.75) is 91.2 Å². The van der Waals surface area contributed by atoms with Crippen LogP contribution >= 0.6 is 0 Å². The number of nitrogens with zero attached hydrogens (tertiary/aromatic N) is 3. The molecule has 0 bridgehead atoms. The molecule has 0 radical (unpaired) electrons. The van der Waals surface area contributed by atoms with E-state index in [1.807, 2.05) is 25.7 Å². The van der Waals surface area contributed by atoms with Gasteiger partial charge in [-0.05, 0) is 78.1 Å². The predicted octanol–water partition coefficient (Wildman–Crippen LogP) is 3.86. The van der Waals surface area contributed by atoms with Crippen molar-refractivity contribution < 1.29 is 14.6 Å². The SMILES string of the molecule is CCCC(CCO)CN=C(NCC)N1CCC(N(CC2CC2)C(=O)OC(C)(C)C)CC1. The van der Waals surface area contributed by atoms with Gasteiger partial charge < -0.3 is 25.0 Å². The summed E-state index contributed by atoms with van der Waals surface area (Å²) in [5.74, 6) is 2.04. The highest BCUT2D eigenvalue weighted by Crippen LogP contribution is 2.32. The van der Waals surface area contributed by atoms with E-state index >= 15 is 0 Å². The summed E-state index contributed by atoms with van der Waals surface area (Å²) < 4.78 is 5.72. The lowest BCUT2D eigenvalue weighted by Gasteiger charge is -2.40.